The number of carbonyl (C=O) groups is 1. The number of benzene rings is 1. The van der Waals surface area contributed by atoms with Gasteiger partial charge >= 0.3 is 0 Å². The summed E-state index contributed by atoms with van der Waals surface area (Å²) < 4.78 is 5.30. The maximum Gasteiger partial charge on any atom is 0.219 e. The van der Waals surface area contributed by atoms with Crippen molar-refractivity contribution in [2.75, 3.05) is 13.7 Å². The summed E-state index contributed by atoms with van der Waals surface area (Å²) in [5.74, 6) is 1.05. The van der Waals surface area contributed by atoms with Crippen molar-refractivity contribution in [1.82, 2.24) is 4.90 Å². The van der Waals surface area contributed by atoms with Crippen LogP contribution in [0, 0.1) is 6.92 Å². The van der Waals surface area contributed by atoms with Crippen molar-refractivity contribution in [1.29, 1.82) is 0 Å². The molecule has 1 heterocycles. The van der Waals surface area contributed by atoms with Gasteiger partial charge in [0, 0.05) is 20.0 Å². The first-order valence-corrected chi connectivity index (χ1v) is 5.53. The van der Waals surface area contributed by atoms with Gasteiger partial charge in [-0.05, 0) is 36.1 Å². The van der Waals surface area contributed by atoms with Crippen LogP contribution in [0.15, 0.2) is 12.1 Å². The van der Waals surface area contributed by atoms with Gasteiger partial charge in [0.1, 0.15) is 5.75 Å². The van der Waals surface area contributed by atoms with Gasteiger partial charge in [-0.3, -0.25) is 4.79 Å². The van der Waals surface area contributed by atoms with E-state index in [1.54, 1.807) is 14.0 Å². The lowest BCUT2D eigenvalue weighted by atomic mass is 9.97. The number of amides is 1. The van der Waals surface area contributed by atoms with Crippen molar-refractivity contribution < 1.29 is 9.53 Å². The average Bonchev–Trinajstić information content (AvgIpc) is 2.27. The summed E-state index contributed by atoms with van der Waals surface area (Å²) in [6.45, 7) is 5.21. The van der Waals surface area contributed by atoms with Gasteiger partial charge < -0.3 is 9.64 Å². The first-order valence-electron chi connectivity index (χ1n) is 5.53. The second-order valence-corrected chi connectivity index (χ2v) is 4.28. The molecule has 2 rings (SSSR count). The Kier molecular flexibility index (Phi) is 2.86. The molecule has 3 heteroatoms. The van der Waals surface area contributed by atoms with E-state index in [1.807, 2.05) is 4.90 Å². The molecule has 86 valence electrons. The van der Waals surface area contributed by atoms with Gasteiger partial charge in [-0.2, -0.15) is 0 Å². The summed E-state index contributed by atoms with van der Waals surface area (Å²) in [4.78, 5) is 13.2. The van der Waals surface area contributed by atoms with Crippen LogP contribution >= 0.6 is 0 Å². The number of carbonyl (C=O) groups excluding carboxylic acids is 1. The Hall–Kier alpha value is -1.51. The van der Waals surface area contributed by atoms with Gasteiger partial charge in [0.25, 0.3) is 0 Å². The highest BCUT2D eigenvalue weighted by molar-refractivity contribution is 5.73. The predicted molar refractivity (Wildman–Crippen MR) is 62.5 cm³/mol. The highest BCUT2D eigenvalue weighted by atomic mass is 16.5. The monoisotopic (exact) mass is 219 g/mol. The van der Waals surface area contributed by atoms with Crippen LogP contribution in [0.3, 0.4) is 0 Å². The predicted octanol–water partition coefficient (Wildman–Crippen LogP) is 1.91. The van der Waals surface area contributed by atoms with E-state index in [0.717, 1.165) is 24.3 Å². The quantitative estimate of drug-likeness (QED) is 0.722. The first kappa shape index (κ1) is 11.0. The molecule has 1 aliphatic rings. The molecule has 0 unspecified atom stereocenters. The Labute approximate surface area is 96.0 Å². The maximum absolute atomic E-state index is 11.3. The Morgan fingerprint density at radius 3 is 2.75 bits per heavy atom. The molecule has 0 atom stereocenters. The number of hydrogen-bond donors (Lipinski definition) is 0. The molecule has 0 aromatic heterocycles. The number of fused-ring (bicyclic) bond motifs is 1. The number of hydrogen-bond acceptors (Lipinski definition) is 2. The lowest BCUT2D eigenvalue weighted by Gasteiger charge is -2.28. The number of methoxy groups -OCH3 is 1. The number of aryl methyl sites for hydroxylation is 1. The van der Waals surface area contributed by atoms with E-state index in [9.17, 15) is 4.79 Å². The smallest absolute Gasteiger partial charge is 0.219 e. The standard InChI is InChI=1S/C13H17NO2/c1-9-6-11-4-5-14(10(2)15)8-12(11)7-13(9)16-3/h6-7H,4-5,8H2,1-3H3. The van der Waals surface area contributed by atoms with Crippen molar-refractivity contribution >= 4 is 5.91 Å². The Balaban J connectivity index is 2.34. The van der Waals surface area contributed by atoms with Crippen LogP contribution in [-0.2, 0) is 17.8 Å². The van der Waals surface area contributed by atoms with Crippen molar-refractivity contribution in [2.45, 2.75) is 26.8 Å². The van der Waals surface area contributed by atoms with Gasteiger partial charge in [-0.1, -0.05) is 6.07 Å². The molecule has 0 N–H and O–H groups in total. The minimum atomic E-state index is 0.144. The number of nitrogens with zero attached hydrogens (tertiary/aromatic N) is 1. The highest BCUT2D eigenvalue weighted by Gasteiger charge is 2.19. The second-order valence-electron chi connectivity index (χ2n) is 4.28. The molecular formula is C13H17NO2. The van der Waals surface area contributed by atoms with Gasteiger partial charge in [0.2, 0.25) is 5.91 Å². The fourth-order valence-corrected chi connectivity index (χ4v) is 2.20. The van der Waals surface area contributed by atoms with E-state index in [4.69, 9.17) is 4.74 Å². The zero-order valence-corrected chi connectivity index (χ0v) is 10.0. The normalized spacial score (nSPS) is 14.6. The summed E-state index contributed by atoms with van der Waals surface area (Å²) >= 11 is 0. The average molecular weight is 219 g/mol. The van der Waals surface area contributed by atoms with E-state index in [1.165, 1.54) is 11.1 Å². The molecule has 3 nitrogen and oxygen atoms in total. The first-order chi connectivity index (χ1) is 7.61. The van der Waals surface area contributed by atoms with E-state index >= 15 is 0 Å². The molecule has 0 aliphatic carbocycles. The van der Waals surface area contributed by atoms with E-state index < -0.39 is 0 Å². The lowest BCUT2D eigenvalue weighted by molar-refractivity contribution is -0.129. The molecule has 0 radical (unpaired) electrons. The van der Waals surface area contributed by atoms with Crippen LogP contribution < -0.4 is 4.74 Å². The van der Waals surface area contributed by atoms with E-state index in [-0.39, 0.29) is 5.91 Å². The third kappa shape index (κ3) is 1.90. The molecule has 0 spiro atoms. The Morgan fingerprint density at radius 1 is 1.38 bits per heavy atom. The summed E-state index contributed by atoms with van der Waals surface area (Å²) in [6.07, 6.45) is 0.944. The molecule has 1 aromatic rings. The largest absolute Gasteiger partial charge is 0.496 e. The molecule has 0 saturated carbocycles. The third-order valence-electron chi connectivity index (χ3n) is 3.17. The van der Waals surface area contributed by atoms with Gasteiger partial charge in [0.05, 0.1) is 7.11 Å². The maximum atomic E-state index is 11.3. The zero-order chi connectivity index (χ0) is 11.7. The molecule has 1 amide bonds. The molecular weight excluding hydrogens is 202 g/mol. The topological polar surface area (TPSA) is 29.5 Å². The summed E-state index contributed by atoms with van der Waals surface area (Å²) in [6, 6.07) is 4.23. The summed E-state index contributed by atoms with van der Waals surface area (Å²) in [5, 5.41) is 0. The van der Waals surface area contributed by atoms with Crippen LogP contribution in [0.5, 0.6) is 5.75 Å². The lowest BCUT2D eigenvalue weighted by Crippen LogP contribution is -2.34. The number of ether oxygens (including phenoxy) is 1. The van der Waals surface area contributed by atoms with Crippen LogP contribution in [0.4, 0.5) is 0 Å². The minimum absolute atomic E-state index is 0.144. The highest BCUT2D eigenvalue weighted by Crippen LogP contribution is 2.27. The van der Waals surface area contributed by atoms with Crippen molar-refractivity contribution in [2.24, 2.45) is 0 Å². The molecule has 0 fully saturated rings. The third-order valence-corrected chi connectivity index (χ3v) is 3.17. The zero-order valence-electron chi connectivity index (χ0n) is 10.0. The Bertz CT molecular complexity index is 426. The van der Waals surface area contributed by atoms with Crippen LogP contribution in [0.2, 0.25) is 0 Å². The SMILES string of the molecule is COc1cc2c(cc1C)CCN(C(C)=O)C2. The summed E-state index contributed by atoms with van der Waals surface area (Å²) in [7, 11) is 1.68. The fraction of sp³-hybridized carbons (Fsp3) is 0.462. The van der Waals surface area contributed by atoms with Crippen molar-refractivity contribution in [3.8, 4) is 5.75 Å². The van der Waals surface area contributed by atoms with Gasteiger partial charge in [-0.25, -0.2) is 0 Å². The van der Waals surface area contributed by atoms with Crippen molar-refractivity contribution in [3.05, 3.63) is 28.8 Å². The molecule has 0 saturated heterocycles. The molecule has 1 aliphatic heterocycles. The second kappa shape index (κ2) is 4.16. The minimum Gasteiger partial charge on any atom is -0.496 e. The van der Waals surface area contributed by atoms with E-state index in [2.05, 4.69) is 19.1 Å². The van der Waals surface area contributed by atoms with E-state index in [0.29, 0.717) is 6.54 Å². The van der Waals surface area contributed by atoms with Crippen molar-refractivity contribution in [3.63, 3.8) is 0 Å². The molecule has 1 aromatic carbocycles. The van der Waals surface area contributed by atoms with Crippen LogP contribution in [0.1, 0.15) is 23.6 Å². The van der Waals surface area contributed by atoms with Crippen LogP contribution in [-0.4, -0.2) is 24.5 Å². The summed E-state index contributed by atoms with van der Waals surface area (Å²) in [5.41, 5.74) is 3.72. The van der Waals surface area contributed by atoms with Crippen LogP contribution in [0.25, 0.3) is 0 Å². The Morgan fingerprint density at radius 2 is 2.12 bits per heavy atom. The number of rotatable bonds is 1. The van der Waals surface area contributed by atoms with Gasteiger partial charge in [0.15, 0.2) is 0 Å². The fourth-order valence-electron chi connectivity index (χ4n) is 2.20. The van der Waals surface area contributed by atoms with Gasteiger partial charge in [-0.15, -0.1) is 0 Å². The molecule has 0 bridgehead atoms. The molecule has 16 heavy (non-hydrogen) atoms.